The van der Waals surface area contributed by atoms with Crippen molar-refractivity contribution in [3.05, 3.63) is 35.0 Å². The number of rotatable bonds is 5. The zero-order valence-electron chi connectivity index (χ0n) is 13.6. The number of nitrogens with zero attached hydrogens (tertiary/aromatic N) is 2. The molecule has 4 heteroatoms. The van der Waals surface area contributed by atoms with Crippen LogP contribution in [0.25, 0.3) is 10.7 Å². The van der Waals surface area contributed by atoms with E-state index in [1.807, 2.05) is 24.4 Å². The summed E-state index contributed by atoms with van der Waals surface area (Å²) < 4.78 is 0. The van der Waals surface area contributed by atoms with Gasteiger partial charge in [-0.3, -0.25) is 4.98 Å². The quantitative estimate of drug-likeness (QED) is 0.890. The van der Waals surface area contributed by atoms with Crippen LogP contribution >= 0.6 is 11.3 Å². The lowest BCUT2D eigenvalue weighted by Gasteiger charge is -2.18. The van der Waals surface area contributed by atoms with E-state index in [-0.39, 0.29) is 5.41 Å². The molecule has 0 radical (unpaired) electrons. The van der Waals surface area contributed by atoms with Crippen molar-refractivity contribution in [1.29, 1.82) is 0 Å². The minimum absolute atomic E-state index is 0.0516. The number of aromatic nitrogens is 2. The van der Waals surface area contributed by atoms with Crippen molar-refractivity contribution in [3.8, 4) is 10.7 Å². The highest BCUT2D eigenvalue weighted by Crippen LogP contribution is 2.33. The standard InChI is InChI=1S/C17H25N3S/c1-6-12(2)19-11-14-15(17(3,4)5)20-16(21-14)13-9-7-8-10-18-13/h7-10,12,19H,6,11H2,1-5H3. The maximum Gasteiger partial charge on any atom is 0.142 e. The molecule has 1 atom stereocenters. The van der Waals surface area contributed by atoms with Gasteiger partial charge in [-0.25, -0.2) is 4.98 Å². The van der Waals surface area contributed by atoms with Gasteiger partial charge in [0.15, 0.2) is 0 Å². The Bertz CT molecular complexity index is 569. The van der Waals surface area contributed by atoms with E-state index in [9.17, 15) is 0 Å². The van der Waals surface area contributed by atoms with Crippen LogP contribution in [-0.2, 0) is 12.0 Å². The zero-order chi connectivity index (χ0) is 15.5. The molecule has 1 unspecified atom stereocenters. The highest BCUT2D eigenvalue weighted by Gasteiger charge is 2.24. The Hall–Kier alpha value is -1.26. The first-order valence-electron chi connectivity index (χ1n) is 7.56. The molecular formula is C17H25N3S. The molecule has 21 heavy (non-hydrogen) atoms. The van der Waals surface area contributed by atoms with Crippen LogP contribution in [0.4, 0.5) is 0 Å². The van der Waals surface area contributed by atoms with Crippen molar-refractivity contribution in [1.82, 2.24) is 15.3 Å². The molecule has 114 valence electrons. The molecular weight excluding hydrogens is 278 g/mol. The summed E-state index contributed by atoms with van der Waals surface area (Å²) in [4.78, 5) is 10.6. The van der Waals surface area contributed by atoms with Crippen LogP contribution in [0.5, 0.6) is 0 Å². The van der Waals surface area contributed by atoms with Crippen LogP contribution in [0.3, 0.4) is 0 Å². The van der Waals surface area contributed by atoms with Gasteiger partial charge in [-0.05, 0) is 25.5 Å². The lowest BCUT2D eigenvalue weighted by molar-refractivity contribution is 0.520. The molecule has 0 saturated heterocycles. The maximum atomic E-state index is 4.87. The van der Waals surface area contributed by atoms with Crippen molar-refractivity contribution < 1.29 is 0 Å². The molecule has 0 amide bonds. The van der Waals surface area contributed by atoms with E-state index in [0.29, 0.717) is 6.04 Å². The van der Waals surface area contributed by atoms with Gasteiger partial charge in [0.2, 0.25) is 0 Å². The van der Waals surface area contributed by atoms with E-state index >= 15 is 0 Å². The fourth-order valence-electron chi connectivity index (χ4n) is 2.07. The number of thiazole rings is 1. The Morgan fingerprint density at radius 2 is 2.05 bits per heavy atom. The molecule has 0 bridgehead atoms. The third-order valence-corrected chi connectivity index (χ3v) is 4.59. The van der Waals surface area contributed by atoms with Gasteiger partial charge in [-0.1, -0.05) is 33.8 Å². The molecule has 0 fully saturated rings. The summed E-state index contributed by atoms with van der Waals surface area (Å²) in [6.45, 7) is 12.0. The van der Waals surface area contributed by atoms with Gasteiger partial charge in [0.05, 0.1) is 11.4 Å². The van der Waals surface area contributed by atoms with E-state index in [0.717, 1.165) is 23.7 Å². The normalized spacial score (nSPS) is 13.4. The third kappa shape index (κ3) is 4.11. The molecule has 3 nitrogen and oxygen atoms in total. The van der Waals surface area contributed by atoms with E-state index in [2.05, 4.69) is 44.9 Å². The fraction of sp³-hybridized carbons (Fsp3) is 0.529. The molecule has 0 aliphatic heterocycles. The van der Waals surface area contributed by atoms with Crippen molar-refractivity contribution in [2.45, 2.75) is 59.0 Å². The number of hydrogen-bond donors (Lipinski definition) is 1. The van der Waals surface area contributed by atoms with Crippen LogP contribution in [0.1, 0.15) is 51.6 Å². The molecule has 0 aromatic carbocycles. The van der Waals surface area contributed by atoms with Gasteiger partial charge in [-0.2, -0.15) is 0 Å². The second-order valence-electron chi connectivity index (χ2n) is 6.45. The Labute approximate surface area is 131 Å². The van der Waals surface area contributed by atoms with Crippen LogP contribution in [0.15, 0.2) is 24.4 Å². The summed E-state index contributed by atoms with van der Waals surface area (Å²) in [5.74, 6) is 0. The first kappa shape index (κ1) is 16.1. The van der Waals surface area contributed by atoms with Crippen molar-refractivity contribution in [3.63, 3.8) is 0 Å². The van der Waals surface area contributed by atoms with Crippen LogP contribution < -0.4 is 5.32 Å². The Balaban J connectivity index is 2.32. The molecule has 0 saturated carbocycles. The molecule has 2 heterocycles. The van der Waals surface area contributed by atoms with Crippen LogP contribution in [0, 0.1) is 0 Å². The maximum absolute atomic E-state index is 4.87. The summed E-state index contributed by atoms with van der Waals surface area (Å²) in [5, 5.41) is 4.59. The monoisotopic (exact) mass is 303 g/mol. The average molecular weight is 303 g/mol. The van der Waals surface area contributed by atoms with E-state index < -0.39 is 0 Å². The van der Waals surface area contributed by atoms with E-state index in [4.69, 9.17) is 4.98 Å². The SMILES string of the molecule is CCC(C)NCc1sc(-c2ccccn2)nc1C(C)(C)C. The molecule has 1 N–H and O–H groups in total. The first-order chi connectivity index (χ1) is 9.91. The van der Waals surface area contributed by atoms with Crippen molar-refractivity contribution in [2.24, 2.45) is 0 Å². The summed E-state index contributed by atoms with van der Waals surface area (Å²) in [6.07, 6.45) is 2.96. The predicted molar refractivity (Wildman–Crippen MR) is 90.6 cm³/mol. The minimum atomic E-state index is 0.0516. The molecule has 2 rings (SSSR count). The fourth-order valence-corrected chi connectivity index (χ4v) is 3.27. The Morgan fingerprint density at radius 1 is 1.29 bits per heavy atom. The summed E-state index contributed by atoms with van der Waals surface area (Å²) in [7, 11) is 0. The largest absolute Gasteiger partial charge is 0.309 e. The predicted octanol–water partition coefficient (Wildman–Crippen LogP) is 4.39. The smallest absolute Gasteiger partial charge is 0.142 e. The second kappa shape index (κ2) is 6.67. The van der Waals surface area contributed by atoms with Gasteiger partial charge in [0, 0.05) is 29.1 Å². The number of hydrogen-bond acceptors (Lipinski definition) is 4. The average Bonchev–Trinajstić information content (AvgIpc) is 2.90. The van der Waals surface area contributed by atoms with Gasteiger partial charge in [0.25, 0.3) is 0 Å². The summed E-state index contributed by atoms with van der Waals surface area (Å²) in [6, 6.07) is 6.50. The Kier molecular flexibility index (Phi) is 5.12. The minimum Gasteiger partial charge on any atom is -0.309 e. The Morgan fingerprint density at radius 3 is 2.62 bits per heavy atom. The number of pyridine rings is 1. The molecule has 0 aliphatic carbocycles. The molecule has 2 aromatic heterocycles. The second-order valence-corrected chi connectivity index (χ2v) is 7.53. The summed E-state index contributed by atoms with van der Waals surface area (Å²) in [5.41, 5.74) is 2.20. The lowest BCUT2D eigenvalue weighted by Crippen LogP contribution is -2.25. The van der Waals surface area contributed by atoms with E-state index in [1.165, 1.54) is 10.6 Å². The zero-order valence-corrected chi connectivity index (χ0v) is 14.4. The van der Waals surface area contributed by atoms with E-state index in [1.54, 1.807) is 11.3 Å². The number of nitrogens with one attached hydrogen (secondary N) is 1. The molecule has 0 aliphatic rings. The van der Waals surface area contributed by atoms with Gasteiger partial charge in [0.1, 0.15) is 5.01 Å². The van der Waals surface area contributed by atoms with Crippen LogP contribution in [0.2, 0.25) is 0 Å². The van der Waals surface area contributed by atoms with Gasteiger partial charge < -0.3 is 5.32 Å². The first-order valence-corrected chi connectivity index (χ1v) is 8.38. The van der Waals surface area contributed by atoms with Crippen molar-refractivity contribution >= 4 is 11.3 Å². The topological polar surface area (TPSA) is 37.8 Å². The van der Waals surface area contributed by atoms with Gasteiger partial charge in [-0.15, -0.1) is 11.3 Å². The highest BCUT2D eigenvalue weighted by molar-refractivity contribution is 7.15. The van der Waals surface area contributed by atoms with Crippen molar-refractivity contribution in [2.75, 3.05) is 0 Å². The third-order valence-electron chi connectivity index (χ3n) is 3.52. The molecule has 2 aromatic rings. The molecule has 0 spiro atoms. The van der Waals surface area contributed by atoms with Crippen LogP contribution in [-0.4, -0.2) is 16.0 Å². The highest BCUT2D eigenvalue weighted by atomic mass is 32.1. The lowest BCUT2D eigenvalue weighted by atomic mass is 9.91. The van der Waals surface area contributed by atoms with Gasteiger partial charge >= 0.3 is 0 Å². The summed E-state index contributed by atoms with van der Waals surface area (Å²) >= 11 is 1.76.